The standard InChI is InChI=1S/C22H24N2O4S2/c1-3-28-21(26)19-15-9-5-7-11-17(15)30-20(19)24-22(29)23-18(25)13-12-14-8-4-6-10-16(14)27-2/h4,6,8,10,12-13H,3,5,7,9,11H2,1-2H3,(H2,23,24,25,29)/b13-12+. The number of carbonyl (C=O) groups excluding carboxylic acids is 2. The molecule has 1 amide bonds. The van der Waals surface area contributed by atoms with Gasteiger partial charge in [0.05, 0.1) is 19.3 Å². The van der Waals surface area contributed by atoms with Gasteiger partial charge in [0, 0.05) is 16.5 Å². The minimum absolute atomic E-state index is 0.133. The van der Waals surface area contributed by atoms with Crippen molar-refractivity contribution in [3.63, 3.8) is 0 Å². The highest BCUT2D eigenvalue weighted by atomic mass is 32.1. The number of carbonyl (C=O) groups is 2. The maximum absolute atomic E-state index is 12.5. The van der Waals surface area contributed by atoms with E-state index in [9.17, 15) is 9.59 Å². The van der Waals surface area contributed by atoms with E-state index in [1.165, 1.54) is 22.3 Å². The Labute approximate surface area is 185 Å². The van der Waals surface area contributed by atoms with Crippen molar-refractivity contribution in [1.82, 2.24) is 5.32 Å². The van der Waals surface area contributed by atoms with E-state index in [4.69, 9.17) is 21.7 Å². The summed E-state index contributed by atoms with van der Waals surface area (Å²) in [5.74, 6) is -0.0625. The van der Waals surface area contributed by atoms with Crippen molar-refractivity contribution in [3.8, 4) is 5.75 Å². The molecule has 6 nitrogen and oxygen atoms in total. The molecule has 1 aliphatic rings. The predicted molar refractivity (Wildman–Crippen MR) is 123 cm³/mol. The van der Waals surface area contributed by atoms with E-state index in [0.717, 1.165) is 36.8 Å². The van der Waals surface area contributed by atoms with Crippen molar-refractivity contribution >= 4 is 51.6 Å². The lowest BCUT2D eigenvalue weighted by Gasteiger charge is -2.12. The Hall–Kier alpha value is -2.71. The number of hydrogen-bond acceptors (Lipinski definition) is 6. The number of methoxy groups -OCH3 is 1. The van der Waals surface area contributed by atoms with Crippen LogP contribution in [0.1, 0.15) is 46.1 Å². The molecule has 0 atom stereocenters. The molecule has 1 aliphatic carbocycles. The Bertz CT molecular complexity index is 982. The van der Waals surface area contributed by atoms with Gasteiger partial charge < -0.3 is 14.8 Å². The van der Waals surface area contributed by atoms with Gasteiger partial charge in [-0.25, -0.2) is 4.79 Å². The van der Waals surface area contributed by atoms with Crippen LogP contribution in [0.15, 0.2) is 30.3 Å². The zero-order valence-corrected chi connectivity index (χ0v) is 18.6. The van der Waals surface area contributed by atoms with Gasteiger partial charge in [-0.3, -0.25) is 10.1 Å². The smallest absolute Gasteiger partial charge is 0.341 e. The Balaban J connectivity index is 1.70. The highest BCUT2D eigenvalue weighted by molar-refractivity contribution is 7.80. The predicted octanol–water partition coefficient (Wildman–Crippen LogP) is 4.34. The van der Waals surface area contributed by atoms with Crippen LogP contribution in [-0.4, -0.2) is 30.7 Å². The lowest BCUT2D eigenvalue weighted by Crippen LogP contribution is -2.33. The zero-order chi connectivity index (χ0) is 21.5. The first-order chi connectivity index (χ1) is 14.5. The summed E-state index contributed by atoms with van der Waals surface area (Å²) in [5.41, 5.74) is 2.36. The van der Waals surface area contributed by atoms with Crippen LogP contribution < -0.4 is 15.4 Å². The molecule has 1 aromatic heterocycles. The highest BCUT2D eigenvalue weighted by Gasteiger charge is 2.26. The summed E-state index contributed by atoms with van der Waals surface area (Å²) in [6, 6.07) is 7.39. The number of ether oxygens (including phenoxy) is 2. The normalized spacial score (nSPS) is 12.9. The summed E-state index contributed by atoms with van der Waals surface area (Å²) in [6.07, 6.45) is 6.98. The number of thiocarbonyl (C=S) groups is 1. The minimum atomic E-state index is -0.377. The molecule has 1 aromatic carbocycles. The zero-order valence-electron chi connectivity index (χ0n) is 16.9. The quantitative estimate of drug-likeness (QED) is 0.392. The first-order valence-electron chi connectivity index (χ1n) is 9.78. The summed E-state index contributed by atoms with van der Waals surface area (Å²) < 4.78 is 10.5. The Kier molecular flexibility index (Phi) is 7.59. The van der Waals surface area contributed by atoms with Gasteiger partial charge in [0.25, 0.3) is 0 Å². The largest absolute Gasteiger partial charge is 0.496 e. The SMILES string of the molecule is CCOC(=O)c1c(NC(=S)NC(=O)/C=C/c2ccccc2OC)sc2c1CCCC2. The number of anilines is 1. The second-order valence-electron chi connectivity index (χ2n) is 6.65. The van der Waals surface area contributed by atoms with E-state index < -0.39 is 0 Å². The molecular weight excluding hydrogens is 420 g/mol. The van der Waals surface area contributed by atoms with Crippen molar-refractivity contribution in [1.29, 1.82) is 0 Å². The van der Waals surface area contributed by atoms with Gasteiger partial charge in [0.15, 0.2) is 5.11 Å². The summed E-state index contributed by atoms with van der Waals surface area (Å²) in [5, 5.41) is 6.40. The first kappa shape index (κ1) is 22.0. The monoisotopic (exact) mass is 444 g/mol. The molecule has 1 heterocycles. The molecule has 0 radical (unpaired) electrons. The van der Waals surface area contributed by atoms with E-state index in [1.54, 1.807) is 20.1 Å². The van der Waals surface area contributed by atoms with Gasteiger partial charge in [-0.2, -0.15) is 0 Å². The number of esters is 1. The van der Waals surface area contributed by atoms with Crippen LogP contribution >= 0.6 is 23.6 Å². The first-order valence-corrected chi connectivity index (χ1v) is 11.0. The minimum Gasteiger partial charge on any atom is -0.496 e. The lowest BCUT2D eigenvalue weighted by atomic mass is 9.95. The average Bonchev–Trinajstić information content (AvgIpc) is 3.10. The number of nitrogens with one attached hydrogen (secondary N) is 2. The Morgan fingerprint density at radius 1 is 1.23 bits per heavy atom. The van der Waals surface area contributed by atoms with Crippen LogP contribution in [0.4, 0.5) is 5.00 Å². The van der Waals surface area contributed by atoms with E-state index in [2.05, 4.69) is 10.6 Å². The Morgan fingerprint density at radius 2 is 2.00 bits per heavy atom. The molecule has 0 bridgehead atoms. The van der Waals surface area contributed by atoms with Crippen LogP contribution in [-0.2, 0) is 22.4 Å². The molecule has 0 saturated carbocycles. The van der Waals surface area contributed by atoms with Crippen molar-refractivity contribution in [3.05, 3.63) is 51.9 Å². The molecule has 0 unspecified atom stereocenters. The van der Waals surface area contributed by atoms with Gasteiger partial charge in [0.2, 0.25) is 5.91 Å². The second-order valence-corrected chi connectivity index (χ2v) is 8.17. The number of rotatable bonds is 6. The molecule has 8 heteroatoms. The molecule has 0 saturated heterocycles. The maximum atomic E-state index is 12.5. The number of para-hydroxylation sites is 1. The molecular formula is C22H24N2O4S2. The van der Waals surface area contributed by atoms with E-state index >= 15 is 0 Å². The fourth-order valence-electron chi connectivity index (χ4n) is 3.33. The van der Waals surface area contributed by atoms with Crippen molar-refractivity contribution in [2.24, 2.45) is 0 Å². The lowest BCUT2D eigenvalue weighted by molar-refractivity contribution is -0.115. The molecule has 30 heavy (non-hydrogen) atoms. The van der Waals surface area contributed by atoms with E-state index in [-0.39, 0.29) is 17.0 Å². The molecule has 0 spiro atoms. The number of fused-ring (bicyclic) bond motifs is 1. The fourth-order valence-corrected chi connectivity index (χ4v) is 4.88. The molecule has 2 aromatic rings. The number of thiophene rings is 1. The van der Waals surface area contributed by atoms with Crippen LogP contribution in [0.3, 0.4) is 0 Å². The third-order valence-electron chi connectivity index (χ3n) is 4.67. The molecule has 2 N–H and O–H groups in total. The maximum Gasteiger partial charge on any atom is 0.341 e. The van der Waals surface area contributed by atoms with Crippen molar-refractivity contribution in [2.75, 3.05) is 19.0 Å². The number of hydrogen-bond donors (Lipinski definition) is 2. The summed E-state index contributed by atoms with van der Waals surface area (Å²) in [7, 11) is 1.58. The van der Waals surface area contributed by atoms with Gasteiger partial charge >= 0.3 is 5.97 Å². The Morgan fingerprint density at radius 3 is 2.77 bits per heavy atom. The summed E-state index contributed by atoms with van der Waals surface area (Å²) >= 11 is 6.80. The third kappa shape index (κ3) is 5.25. The highest BCUT2D eigenvalue weighted by Crippen LogP contribution is 2.38. The molecule has 0 aliphatic heterocycles. The van der Waals surface area contributed by atoms with Gasteiger partial charge in [0.1, 0.15) is 10.8 Å². The van der Waals surface area contributed by atoms with Crippen LogP contribution in [0.5, 0.6) is 5.75 Å². The third-order valence-corrected chi connectivity index (χ3v) is 6.08. The molecule has 3 rings (SSSR count). The second kappa shape index (κ2) is 10.4. The number of aryl methyl sites for hydroxylation is 1. The summed E-state index contributed by atoms with van der Waals surface area (Å²) in [4.78, 5) is 26.0. The number of amides is 1. The topological polar surface area (TPSA) is 76.7 Å². The van der Waals surface area contributed by atoms with Crippen LogP contribution in [0, 0.1) is 0 Å². The van der Waals surface area contributed by atoms with Crippen LogP contribution in [0.25, 0.3) is 6.08 Å². The van der Waals surface area contributed by atoms with Crippen molar-refractivity contribution in [2.45, 2.75) is 32.6 Å². The van der Waals surface area contributed by atoms with E-state index in [1.807, 2.05) is 24.3 Å². The molecule has 158 valence electrons. The van der Waals surface area contributed by atoms with Gasteiger partial charge in [-0.15, -0.1) is 11.3 Å². The summed E-state index contributed by atoms with van der Waals surface area (Å²) in [6.45, 7) is 2.08. The van der Waals surface area contributed by atoms with Gasteiger partial charge in [-0.1, -0.05) is 18.2 Å². The average molecular weight is 445 g/mol. The molecule has 0 fully saturated rings. The van der Waals surface area contributed by atoms with E-state index in [0.29, 0.717) is 22.9 Å². The number of benzene rings is 1. The fraction of sp³-hybridized carbons (Fsp3) is 0.318. The van der Waals surface area contributed by atoms with Crippen LogP contribution in [0.2, 0.25) is 0 Å². The van der Waals surface area contributed by atoms with Crippen molar-refractivity contribution < 1.29 is 19.1 Å². The van der Waals surface area contributed by atoms with Gasteiger partial charge in [-0.05, 0) is 62.5 Å².